The molecule has 2 rings (SSSR count). The maximum Gasteiger partial charge on any atom is 2.00 e. The average molecular weight is 262 g/mol. The second-order valence-corrected chi connectivity index (χ2v) is 4.09. The maximum atomic E-state index is 3.18. The van der Waals surface area contributed by atoms with Gasteiger partial charge in [-0.3, -0.25) is 12.2 Å². The molecule has 0 radical (unpaired) electrons. The smallest absolute Gasteiger partial charge is 0.275 e. The first-order valence-electron chi connectivity index (χ1n) is 6.43. The van der Waals surface area contributed by atoms with Gasteiger partial charge >= 0.3 is 21.7 Å². The van der Waals surface area contributed by atoms with Gasteiger partial charge in [-0.25, -0.2) is 24.3 Å². The molecule has 2 aliphatic rings. The van der Waals surface area contributed by atoms with Crippen LogP contribution in [-0.2, 0) is 21.7 Å². The summed E-state index contributed by atoms with van der Waals surface area (Å²) in [5.74, 6) is 0. The van der Waals surface area contributed by atoms with Crippen molar-refractivity contribution < 1.29 is 21.7 Å². The molecule has 0 spiro atoms. The van der Waals surface area contributed by atoms with Gasteiger partial charge in [0, 0.05) is 0 Å². The third-order valence-electron chi connectivity index (χ3n) is 2.58. The van der Waals surface area contributed by atoms with Crippen LogP contribution < -0.4 is 0 Å². The van der Waals surface area contributed by atoms with Crippen molar-refractivity contribution in [3.63, 3.8) is 0 Å². The van der Waals surface area contributed by atoms with E-state index in [0.717, 1.165) is 12.8 Å². The Balaban J connectivity index is 0.000000284. The molecule has 0 aromatic heterocycles. The number of allylic oxidation sites excluding steroid dienone is 8. The van der Waals surface area contributed by atoms with Crippen LogP contribution in [0.15, 0.2) is 36.5 Å². The zero-order chi connectivity index (χ0) is 11.3. The van der Waals surface area contributed by atoms with E-state index in [1.165, 1.54) is 38.5 Å². The van der Waals surface area contributed by atoms with Crippen LogP contribution in [0.4, 0.5) is 0 Å². The number of rotatable bonds is 0. The van der Waals surface area contributed by atoms with Gasteiger partial charge in [0.05, 0.1) is 0 Å². The summed E-state index contributed by atoms with van der Waals surface area (Å²) in [5.41, 5.74) is 0. The third kappa shape index (κ3) is 11.9. The molecule has 0 heterocycles. The Morgan fingerprint density at radius 3 is 1.59 bits per heavy atom. The molecule has 2 aliphatic carbocycles. The third-order valence-corrected chi connectivity index (χ3v) is 2.58. The fourth-order valence-corrected chi connectivity index (χ4v) is 1.61. The molecule has 90 valence electrons. The normalized spacial score (nSPS) is 20.7. The average Bonchev–Trinajstić information content (AvgIpc) is 2.15. The van der Waals surface area contributed by atoms with Gasteiger partial charge in [0.25, 0.3) is 0 Å². The minimum atomic E-state index is 0. The van der Waals surface area contributed by atoms with Crippen LogP contribution >= 0.6 is 0 Å². The van der Waals surface area contributed by atoms with Gasteiger partial charge in [-0.1, -0.05) is 38.5 Å². The van der Waals surface area contributed by atoms with Gasteiger partial charge in [0.15, 0.2) is 0 Å². The van der Waals surface area contributed by atoms with E-state index in [2.05, 4.69) is 36.5 Å². The summed E-state index contributed by atoms with van der Waals surface area (Å²) in [6.45, 7) is 0. The Labute approximate surface area is 121 Å². The van der Waals surface area contributed by atoms with Crippen LogP contribution in [0.3, 0.4) is 0 Å². The van der Waals surface area contributed by atoms with E-state index in [-0.39, 0.29) is 21.7 Å². The fourth-order valence-electron chi connectivity index (χ4n) is 1.61. The minimum Gasteiger partial charge on any atom is -0.275 e. The summed E-state index contributed by atoms with van der Waals surface area (Å²) in [6, 6.07) is 0. The van der Waals surface area contributed by atoms with Crippen LogP contribution in [-0.4, -0.2) is 0 Å². The summed E-state index contributed by atoms with van der Waals surface area (Å²) < 4.78 is 0. The molecule has 0 aromatic carbocycles. The largest absolute Gasteiger partial charge is 2.00 e. The van der Waals surface area contributed by atoms with Crippen molar-refractivity contribution in [3.05, 3.63) is 48.6 Å². The molecule has 17 heavy (non-hydrogen) atoms. The predicted molar refractivity (Wildman–Crippen MR) is 70.8 cm³/mol. The van der Waals surface area contributed by atoms with Crippen molar-refractivity contribution in [2.75, 3.05) is 0 Å². The molecule has 0 aliphatic heterocycles. The molecule has 0 amide bonds. The van der Waals surface area contributed by atoms with Crippen LogP contribution in [0.1, 0.15) is 51.4 Å². The molecular weight excluding hydrogens is 240 g/mol. The molecule has 0 nitrogen and oxygen atoms in total. The predicted octanol–water partition coefficient (Wildman–Crippen LogP) is 4.95. The first-order valence-corrected chi connectivity index (χ1v) is 6.43. The minimum absolute atomic E-state index is 0. The van der Waals surface area contributed by atoms with E-state index in [1.807, 2.05) is 12.2 Å². The first kappa shape index (κ1) is 16.7. The molecule has 0 atom stereocenters. The van der Waals surface area contributed by atoms with Crippen LogP contribution in [0, 0.1) is 12.2 Å². The second-order valence-electron chi connectivity index (χ2n) is 4.09. The van der Waals surface area contributed by atoms with Crippen molar-refractivity contribution in [1.29, 1.82) is 0 Å². The van der Waals surface area contributed by atoms with Crippen LogP contribution in [0.5, 0.6) is 0 Å². The monoisotopic (exact) mass is 262 g/mol. The van der Waals surface area contributed by atoms with E-state index in [0.29, 0.717) is 0 Å². The molecule has 0 saturated carbocycles. The first-order chi connectivity index (χ1) is 8.00. The van der Waals surface area contributed by atoms with Crippen molar-refractivity contribution >= 4 is 0 Å². The molecular formula is C16H22Ti. The summed E-state index contributed by atoms with van der Waals surface area (Å²) >= 11 is 0. The zero-order valence-electron chi connectivity index (χ0n) is 10.6. The zero-order valence-corrected chi connectivity index (χ0v) is 12.2. The topological polar surface area (TPSA) is 0 Å². The Morgan fingerprint density at radius 1 is 0.647 bits per heavy atom. The summed E-state index contributed by atoms with van der Waals surface area (Å²) in [6.07, 6.45) is 29.0. The van der Waals surface area contributed by atoms with Crippen LogP contribution in [0.25, 0.3) is 0 Å². The molecule has 0 fully saturated rings. The summed E-state index contributed by atoms with van der Waals surface area (Å²) in [4.78, 5) is 0. The van der Waals surface area contributed by atoms with Gasteiger partial charge in [-0.15, -0.1) is 12.8 Å². The Bertz CT molecular complexity index is 203. The Morgan fingerprint density at radius 2 is 1.12 bits per heavy atom. The van der Waals surface area contributed by atoms with Gasteiger partial charge in [0.2, 0.25) is 0 Å². The van der Waals surface area contributed by atoms with Crippen molar-refractivity contribution in [3.8, 4) is 0 Å². The van der Waals surface area contributed by atoms with Crippen molar-refractivity contribution in [1.82, 2.24) is 0 Å². The van der Waals surface area contributed by atoms with Crippen molar-refractivity contribution in [2.24, 2.45) is 0 Å². The van der Waals surface area contributed by atoms with E-state index < -0.39 is 0 Å². The Kier molecular flexibility index (Phi) is 13.5. The van der Waals surface area contributed by atoms with Crippen molar-refractivity contribution in [2.45, 2.75) is 51.4 Å². The Hall–Kier alpha value is -0.326. The molecule has 1 heteroatoms. The number of hydrogen-bond acceptors (Lipinski definition) is 0. The van der Waals surface area contributed by atoms with E-state index >= 15 is 0 Å². The van der Waals surface area contributed by atoms with Gasteiger partial charge < -0.3 is 0 Å². The number of hydrogen-bond donors (Lipinski definition) is 0. The van der Waals surface area contributed by atoms with Crippen LogP contribution in [0.2, 0.25) is 0 Å². The molecule has 0 bridgehead atoms. The molecule has 0 aromatic rings. The van der Waals surface area contributed by atoms with Gasteiger partial charge in [-0.2, -0.15) is 12.2 Å². The van der Waals surface area contributed by atoms with E-state index in [9.17, 15) is 0 Å². The van der Waals surface area contributed by atoms with E-state index in [1.54, 1.807) is 0 Å². The summed E-state index contributed by atoms with van der Waals surface area (Å²) in [5, 5.41) is 0. The molecule has 0 N–H and O–H groups in total. The van der Waals surface area contributed by atoms with Gasteiger partial charge in [0.1, 0.15) is 0 Å². The molecule has 0 saturated heterocycles. The maximum absolute atomic E-state index is 3.18. The van der Waals surface area contributed by atoms with E-state index in [4.69, 9.17) is 0 Å². The van der Waals surface area contributed by atoms with Gasteiger partial charge in [-0.05, 0) is 0 Å². The second kappa shape index (κ2) is 13.7. The quantitative estimate of drug-likeness (QED) is 0.428. The summed E-state index contributed by atoms with van der Waals surface area (Å²) in [7, 11) is 0. The molecule has 0 unspecified atom stereocenters. The SMILES string of the molecule is [C-]1=C/C=C\CCCC1.[C-]1=CC=CCCCC1.[Ti+2]. The fraction of sp³-hybridized carbons (Fsp3) is 0.500. The standard InChI is InChI=1S/2C8H11.Ti/c2*1-2-4-6-8-7-5-3-1;/h2*1-3H,4,6-8H2;/q2*-1;+2/b2-1-;;.